The fourth-order valence-electron chi connectivity index (χ4n) is 3.23. The topological polar surface area (TPSA) is 83.6 Å². The van der Waals surface area contributed by atoms with Gasteiger partial charge in [0.2, 0.25) is 5.91 Å². The summed E-state index contributed by atoms with van der Waals surface area (Å²) in [6.45, 7) is 10.6. The molecule has 0 spiro atoms. The molecule has 0 aromatic carbocycles. The summed E-state index contributed by atoms with van der Waals surface area (Å²) < 4.78 is 0. The van der Waals surface area contributed by atoms with Crippen molar-refractivity contribution in [3.63, 3.8) is 0 Å². The van der Waals surface area contributed by atoms with Gasteiger partial charge in [-0.3, -0.25) is 4.79 Å². The largest absolute Gasteiger partial charge is 0.387 e. The van der Waals surface area contributed by atoms with Crippen LogP contribution in [0.3, 0.4) is 0 Å². The number of rotatable bonds is 14. The van der Waals surface area contributed by atoms with E-state index >= 15 is 0 Å². The van der Waals surface area contributed by atoms with Crippen molar-refractivity contribution in [2.45, 2.75) is 104 Å². The molecule has 144 valence electrons. The molecule has 0 fully saturated rings. The molecule has 0 saturated heterocycles. The number of primary amides is 1. The molecule has 0 rings (SSSR count). The zero-order chi connectivity index (χ0) is 18.8. The minimum Gasteiger partial charge on any atom is -0.387 e. The van der Waals surface area contributed by atoms with Gasteiger partial charge in [0, 0.05) is 0 Å². The fraction of sp³-hybridized carbons (Fsp3) is 0.950. The zero-order valence-corrected chi connectivity index (χ0v) is 16.6. The summed E-state index contributed by atoms with van der Waals surface area (Å²) in [5.74, 6) is 1.36. The minimum atomic E-state index is -1.49. The predicted octanol–water partition coefficient (Wildman–Crippen LogP) is 4.02. The molecule has 4 heteroatoms. The van der Waals surface area contributed by atoms with Gasteiger partial charge >= 0.3 is 0 Å². The standard InChI is InChI=1S/C20H41NO3/c1-15(2)9-6-10-16(3)11-7-12-17(4)13-8-14-20(5,24)18(22)19(21)23/h15-18,22,24H,6-14H2,1-5H3,(H2,21,23). The lowest BCUT2D eigenvalue weighted by atomic mass is 9.88. The molecule has 0 bridgehead atoms. The Bertz CT molecular complexity index is 342. The van der Waals surface area contributed by atoms with Crippen LogP contribution >= 0.6 is 0 Å². The Kier molecular flexibility index (Phi) is 11.6. The number of nitrogens with two attached hydrogens (primary N) is 1. The summed E-state index contributed by atoms with van der Waals surface area (Å²) in [7, 11) is 0. The predicted molar refractivity (Wildman–Crippen MR) is 101 cm³/mol. The quantitative estimate of drug-likeness (QED) is 0.445. The summed E-state index contributed by atoms with van der Waals surface area (Å²) in [6, 6.07) is 0. The molecule has 0 aromatic rings. The van der Waals surface area contributed by atoms with Gasteiger partial charge in [-0.05, 0) is 31.1 Å². The molecule has 24 heavy (non-hydrogen) atoms. The van der Waals surface area contributed by atoms with Crippen molar-refractivity contribution in [3.8, 4) is 0 Å². The summed E-state index contributed by atoms with van der Waals surface area (Å²) in [5.41, 5.74) is 3.63. The first-order valence-corrected chi connectivity index (χ1v) is 9.76. The van der Waals surface area contributed by atoms with Gasteiger partial charge in [-0.2, -0.15) is 0 Å². The van der Waals surface area contributed by atoms with E-state index in [0.29, 0.717) is 12.3 Å². The van der Waals surface area contributed by atoms with Crippen molar-refractivity contribution < 1.29 is 15.0 Å². The van der Waals surface area contributed by atoms with E-state index in [2.05, 4.69) is 27.7 Å². The molecule has 4 atom stereocenters. The van der Waals surface area contributed by atoms with Crippen molar-refractivity contribution in [2.24, 2.45) is 23.5 Å². The molecular formula is C20H41NO3. The molecule has 4 unspecified atom stereocenters. The van der Waals surface area contributed by atoms with Crippen molar-refractivity contribution in [2.75, 3.05) is 0 Å². The third-order valence-corrected chi connectivity index (χ3v) is 5.11. The first-order valence-electron chi connectivity index (χ1n) is 9.76. The number of hydrogen-bond donors (Lipinski definition) is 3. The lowest BCUT2D eigenvalue weighted by Gasteiger charge is -2.27. The van der Waals surface area contributed by atoms with E-state index in [1.54, 1.807) is 0 Å². The SMILES string of the molecule is CC(C)CCCC(C)CCCC(C)CCCC(C)(O)C(O)C(N)=O. The molecule has 0 aromatic heterocycles. The molecule has 0 aliphatic carbocycles. The first-order chi connectivity index (χ1) is 11.1. The van der Waals surface area contributed by atoms with Gasteiger partial charge in [-0.15, -0.1) is 0 Å². The number of aliphatic hydroxyl groups is 2. The molecule has 0 heterocycles. The van der Waals surface area contributed by atoms with Crippen molar-refractivity contribution in [3.05, 3.63) is 0 Å². The summed E-state index contributed by atoms with van der Waals surface area (Å²) in [6.07, 6.45) is 8.46. The second-order valence-electron chi connectivity index (χ2n) is 8.52. The number of amides is 1. The van der Waals surface area contributed by atoms with E-state index in [0.717, 1.165) is 24.7 Å². The maximum atomic E-state index is 11.0. The maximum absolute atomic E-state index is 11.0. The van der Waals surface area contributed by atoms with Gasteiger partial charge in [0.15, 0.2) is 6.10 Å². The second-order valence-corrected chi connectivity index (χ2v) is 8.52. The van der Waals surface area contributed by atoms with Gasteiger partial charge in [0.05, 0.1) is 5.60 Å². The highest BCUT2D eigenvalue weighted by molar-refractivity contribution is 5.79. The van der Waals surface area contributed by atoms with Crippen LogP contribution in [-0.2, 0) is 4.79 Å². The third kappa shape index (κ3) is 11.0. The lowest BCUT2D eigenvalue weighted by Crippen LogP contribution is -2.47. The Hall–Kier alpha value is -0.610. The summed E-state index contributed by atoms with van der Waals surface area (Å²) in [4.78, 5) is 11.0. The number of aliphatic hydroxyl groups excluding tert-OH is 1. The summed E-state index contributed by atoms with van der Waals surface area (Å²) in [5, 5.41) is 19.7. The average molecular weight is 344 g/mol. The van der Waals surface area contributed by atoms with E-state index < -0.39 is 17.6 Å². The molecule has 1 amide bonds. The van der Waals surface area contributed by atoms with Crippen molar-refractivity contribution in [1.29, 1.82) is 0 Å². The van der Waals surface area contributed by atoms with Gasteiger partial charge in [0.1, 0.15) is 0 Å². The van der Waals surface area contributed by atoms with E-state index in [1.807, 2.05) is 0 Å². The normalized spacial score (nSPS) is 18.2. The Balaban J connectivity index is 3.80. The molecule has 0 radical (unpaired) electrons. The highest BCUT2D eigenvalue weighted by Gasteiger charge is 2.33. The van der Waals surface area contributed by atoms with Crippen LogP contribution in [0.1, 0.15) is 92.4 Å². The Morgan fingerprint density at radius 1 is 0.917 bits per heavy atom. The van der Waals surface area contributed by atoms with Gasteiger partial charge < -0.3 is 15.9 Å². The number of carbonyl (C=O) groups excluding carboxylic acids is 1. The molecule has 0 aliphatic heterocycles. The second kappa shape index (κ2) is 11.9. The Labute approximate surface area is 149 Å². The monoisotopic (exact) mass is 343 g/mol. The van der Waals surface area contributed by atoms with Crippen molar-refractivity contribution in [1.82, 2.24) is 0 Å². The molecule has 4 nitrogen and oxygen atoms in total. The molecule has 0 aliphatic rings. The average Bonchev–Trinajstić information content (AvgIpc) is 2.45. The van der Waals surface area contributed by atoms with E-state index in [4.69, 9.17) is 5.73 Å². The van der Waals surface area contributed by atoms with Gasteiger partial charge in [-0.1, -0.05) is 79.1 Å². The lowest BCUT2D eigenvalue weighted by molar-refractivity contribution is -0.141. The number of hydrogen-bond acceptors (Lipinski definition) is 3. The first kappa shape index (κ1) is 23.4. The van der Waals surface area contributed by atoms with Crippen LogP contribution in [0.4, 0.5) is 0 Å². The maximum Gasteiger partial charge on any atom is 0.249 e. The smallest absolute Gasteiger partial charge is 0.249 e. The fourth-order valence-corrected chi connectivity index (χ4v) is 3.23. The molecule has 4 N–H and O–H groups in total. The Morgan fingerprint density at radius 3 is 1.75 bits per heavy atom. The van der Waals surface area contributed by atoms with E-state index in [9.17, 15) is 15.0 Å². The van der Waals surface area contributed by atoms with Crippen LogP contribution in [0.5, 0.6) is 0 Å². The van der Waals surface area contributed by atoms with E-state index in [1.165, 1.54) is 45.4 Å². The minimum absolute atomic E-state index is 0.396. The zero-order valence-electron chi connectivity index (χ0n) is 16.6. The highest BCUT2D eigenvalue weighted by atomic mass is 16.3. The molecule has 0 saturated carbocycles. The van der Waals surface area contributed by atoms with E-state index in [-0.39, 0.29) is 0 Å². The molecular weight excluding hydrogens is 302 g/mol. The summed E-state index contributed by atoms with van der Waals surface area (Å²) >= 11 is 0. The van der Waals surface area contributed by atoms with Crippen molar-refractivity contribution >= 4 is 5.91 Å². The van der Waals surface area contributed by atoms with Gasteiger partial charge in [0.25, 0.3) is 0 Å². The third-order valence-electron chi connectivity index (χ3n) is 5.11. The number of carbonyl (C=O) groups is 1. The van der Waals surface area contributed by atoms with Crippen LogP contribution in [0, 0.1) is 17.8 Å². The van der Waals surface area contributed by atoms with Crippen LogP contribution in [0.2, 0.25) is 0 Å². The Morgan fingerprint density at radius 2 is 1.33 bits per heavy atom. The van der Waals surface area contributed by atoms with Crippen LogP contribution < -0.4 is 5.73 Å². The highest BCUT2D eigenvalue weighted by Crippen LogP contribution is 2.24. The van der Waals surface area contributed by atoms with Gasteiger partial charge in [-0.25, -0.2) is 0 Å². The van der Waals surface area contributed by atoms with Crippen LogP contribution in [0.15, 0.2) is 0 Å². The van der Waals surface area contributed by atoms with Crippen LogP contribution in [-0.4, -0.2) is 27.8 Å². The van der Waals surface area contributed by atoms with Crippen LogP contribution in [0.25, 0.3) is 0 Å².